The van der Waals surface area contributed by atoms with Crippen molar-refractivity contribution in [2.24, 2.45) is 11.8 Å². The molecule has 0 spiro atoms. The van der Waals surface area contributed by atoms with Gasteiger partial charge < -0.3 is 19.9 Å². The number of fused-ring (bicyclic) bond motifs is 1. The molecule has 0 radical (unpaired) electrons. The summed E-state index contributed by atoms with van der Waals surface area (Å²) in [5.74, 6) is -0.139. The molecule has 0 aliphatic carbocycles. The van der Waals surface area contributed by atoms with Crippen molar-refractivity contribution in [3.8, 4) is 0 Å². The van der Waals surface area contributed by atoms with Crippen LogP contribution in [0.1, 0.15) is 49.3 Å². The number of benzene rings is 2. The van der Waals surface area contributed by atoms with Crippen LogP contribution in [0, 0.1) is 17.7 Å². The van der Waals surface area contributed by atoms with Gasteiger partial charge in [-0.3, -0.25) is 0 Å². The van der Waals surface area contributed by atoms with Crippen LogP contribution in [0.25, 0.3) is 10.9 Å². The summed E-state index contributed by atoms with van der Waals surface area (Å²) in [6, 6.07) is 14.2. The molecule has 0 atom stereocenters. The normalized spacial score (nSPS) is 11.9. The predicted octanol–water partition coefficient (Wildman–Crippen LogP) is 5.23. The molecule has 0 saturated heterocycles. The summed E-state index contributed by atoms with van der Waals surface area (Å²) in [4.78, 5) is 14.8. The first kappa shape index (κ1) is 24.9. The first-order valence-electron chi connectivity index (χ1n) is 11.8. The van der Waals surface area contributed by atoms with E-state index in [1.807, 2.05) is 24.3 Å². The average molecular weight is 454 g/mol. The largest absolute Gasteiger partial charge is 0.477 e. The molecule has 3 aromatic rings. The summed E-state index contributed by atoms with van der Waals surface area (Å²) < 4.78 is 16.1. The zero-order chi connectivity index (χ0) is 24.0. The minimum Gasteiger partial charge on any atom is -0.477 e. The van der Waals surface area contributed by atoms with Crippen LogP contribution in [0.4, 0.5) is 4.39 Å². The molecular weight excluding hydrogens is 417 g/mol. The Labute approximate surface area is 196 Å². The first-order chi connectivity index (χ1) is 15.8. The summed E-state index contributed by atoms with van der Waals surface area (Å²) in [6.45, 7) is 13.3. The lowest BCUT2D eigenvalue weighted by molar-refractivity contribution is 0.0684. The van der Waals surface area contributed by atoms with Gasteiger partial charge in [0.15, 0.2) is 0 Å². The van der Waals surface area contributed by atoms with Gasteiger partial charge in [-0.2, -0.15) is 0 Å². The standard InChI is InChI=1S/C27H36FN3O2/c1-19(2)16-30(17-20(3)4)14-13-29-15-23-22-10-6-8-12-25(22)31(26(23)27(32)33)18-21-9-5-7-11-24(21)28/h5-12,19-20,29H,13-18H2,1-4H3,(H,32,33). The minimum atomic E-state index is -0.999. The molecule has 0 aliphatic rings. The molecule has 1 aromatic heterocycles. The van der Waals surface area contributed by atoms with E-state index in [4.69, 9.17) is 0 Å². The molecule has 0 amide bonds. The van der Waals surface area contributed by atoms with Gasteiger partial charge in [-0.15, -0.1) is 0 Å². The van der Waals surface area contributed by atoms with E-state index in [0.717, 1.165) is 42.6 Å². The number of carbonyl (C=O) groups is 1. The molecule has 5 nitrogen and oxygen atoms in total. The van der Waals surface area contributed by atoms with Crippen LogP contribution >= 0.6 is 0 Å². The van der Waals surface area contributed by atoms with E-state index >= 15 is 0 Å². The van der Waals surface area contributed by atoms with Crippen LogP contribution in [0.2, 0.25) is 0 Å². The molecule has 2 N–H and O–H groups in total. The highest BCUT2D eigenvalue weighted by atomic mass is 19.1. The van der Waals surface area contributed by atoms with Gasteiger partial charge in [-0.1, -0.05) is 64.1 Å². The van der Waals surface area contributed by atoms with Crippen LogP contribution in [-0.2, 0) is 13.1 Å². The highest BCUT2D eigenvalue weighted by Crippen LogP contribution is 2.28. The van der Waals surface area contributed by atoms with Crippen molar-refractivity contribution in [1.82, 2.24) is 14.8 Å². The number of hydrogen-bond acceptors (Lipinski definition) is 3. The maximum absolute atomic E-state index is 14.3. The van der Waals surface area contributed by atoms with Gasteiger partial charge in [0.2, 0.25) is 0 Å². The zero-order valence-corrected chi connectivity index (χ0v) is 20.1. The first-order valence-corrected chi connectivity index (χ1v) is 11.8. The predicted molar refractivity (Wildman–Crippen MR) is 132 cm³/mol. The van der Waals surface area contributed by atoms with E-state index in [9.17, 15) is 14.3 Å². The number of carboxylic acid groups (broad SMARTS) is 1. The van der Waals surface area contributed by atoms with Crippen LogP contribution in [0.3, 0.4) is 0 Å². The van der Waals surface area contributed by atoms with E-state index in [0.29, 0.717) is 23.9 Å². The maximum atomic E-state index is 14.3. The topological polar surface area (TPSA) is 57.5 Å². The average Bonchev–Trinajstić information content (AvgIpc) is 3.05. The number of para-hydroxylation sites is 1. The molecule has 33 heavy (non-hydrogen) atoms. The number of halogens is 1. The van der Waals surface area contributed by atoms with E-state index < -0.39 is 5.97 Å². The van der Waals surface area contributed by atoms with Crippen molar-refractivity contribution >= 4 is 16.9 Å². The van der Waals surface area contributed by atoms with Crippen LogP contribution in [0.5, 0.6) is 0 Å². The van der Waals surface area contributed by atoms with Crippen LogP contribution < -0.4 is 5.32 Å². The second-order valence-electron chi connectivity index (χ2n) is 9.55. The van der Waals surface area contributed by atoms with Gasteiger partial charge in [0.05, 0.1) is 6.54 Å². The Hall–Kier alpha value is -2.70. The highest BCUT2D eigenvalue weighted by molar-refractivity contribution is 5.98. The number of nitrogens with zero attached hydrogens (tertiary/aromatic N) is 2. The van der Waals surface area contributed by atoms with Gasteiger partial charge >= 0.3 is 5.97 Å². The van der Waals surface area contributed by atoms with Gasteiger partial charge in [0.1, 0.15) is 11.5 Å². The van der Waals surface area contributed by atoms with Crippen molar-refractivity contribution in [2.45, 2.75) is 40.8 Å². The third-order valence-electron chi connectivity index (χ3n) is 5.72. The molecular formula is C27H36FN3O2. The number of hydrogen-bond donors (Lipinski definition) is 2. The van der Waals surface area contributed by atoms with Gasteiger partial charge in [-0.05, 0) is 24.0 Å². The Bertz CT molecular complexity index is 1060. The fourth-order valence-corrected chi connectivity index (χ4v) is 4.50. The Balaban J connectivity index is 1.83. The van der Waals surface area contributed by atoms with Crippen LogP contribution in [0.15, 0.2) is 48.5 Å². The Kier molecular flexibility index (Phi) is 8.64. The van der Waals surface area contributed by atoms with Gasteiger partial charge in [0, 0.05) is 54.8 Å². The van der Waals surface area contributed by atoms with E-state index in [2.05, 4.69) is 37.9 Å². The quantitative estimate of drug-likeness (QED) is 0.369. The Morgan fingerprint density at radius 1 is 1.03 bits per heavy atom. The highest BCUT2D eigenvalue weighted by Gasteiger charge is 2.22. The minimum absolute atomic E-state index is 0.172. The third kappa shape index (κ3) is 6.42. The second kappa shape index (κ2) is 11.4. The monoisotopic (exact) mass is 453 g/mol. The molecule has 0 unspecified atom stereocenters. The number of carboxylic acids is 1. The van der Waals surface area contributed by atoms with E-state index in [1.165, 1.54) is 6.07 Å². The molecule has 3 rings (SSSR count). The fourth-order valence-electron chi connectivity index (χ4n) is 4.50. The van der Waals surface area contributed by atoms with Crippen molar-refractivity contribution in [3.63, 3.8) is 0 Å². The number of aromatic nitrogens is 1. The zero-order valence-electron chi connectivity index (χ0n) is 20.1. The molecule has 1 heterocycles. The smallest absolute Gasteiger partial charge is 0.352 e. The number of aromatic carboxylic acids is 1. The van der Waals surface area contributed by atoms with Crippen molar-refractivity contribution in [1.29, 1.82) is 0 Å². The molecule has 0 bridgehead atoms. The summed E-state index contributed by atoms with van der Waals surface area (Å²) >= 11 is 0. The van der Waals surface area contributed by atoms with Gasteiger partial charge in [0.25, 0.3) is 0 Å². The molecule has 2 aromatic carbocycles. The van der Waals surface area contributed by atoms with E-state index in [-0.39, 0.29) is 18.1 Å². The van der Waals surface area contributed by atoms with Crippen molar-refractivity contribution in [3.05, 3.63) is 71.2 Å². The van der Waals surface area contributed by atoms with Gasteiger partial charge in [-0.25, -0.2) is 9.18 Å². The summed E-state index contributed by atoms with van der Waals surface area (Å²) in [6.07, 6.45) is 0. The lowest BCUT2D eigenvalue weighted by Gasteiger charge is -2.26. The summed E-state index contributed by atoms with van der Waals surface area (Å²) in [5, 5.41) is 14.4. The molecule has 0 aliphatic heterocycles. The second-order valence-corrected chi connectivity index (χ2v) is 9.55. The molecule has 6 heteroatoms. The maximum Gasteiger partial charge on any atom is 0.352 e. The molecule has 178 valence electrons. The lowest BCUT2D eigenvalue weighted by atomic mass is 10.1. The van der Waals surface area contributed by atoms with Crippen molar-refractivity contribution in [2.75, 3.05) is 26.2 Å². The third-order valence-corrected chi connectivity index (χ3v) is 5.72. The Morgan fingerprint density at radius 3 is 2.30 bits per heavy atom. The Morgan fingerprint density at radius 2 is 1.67 bits per heavy atom. The fraction of sp³-hybridized carbons (Fsp3) is 0.444. The molecule has 0 fully saturated rings. The van der Waals surface area contributed by atoms with Crippen molar-refractivity contribution < 1.29 is 14.3 Å². The lowest BCUT2D eigenvalue weighted by Crippen LogP contribution is -2.37. The molecule has 0 saturated carbocycles. The van der Waals surface area contributed by atoms with E-state index in [1.54, 1.807) is 22.8 Å². The number of rotatable bonds is 12. The SMILES string of the molecule is CC(C)CN(CCNCc1c(C(=O)O)n(Cc2ccccc2F)c2ccccc12)CC(C)C. The number of nitrogens with one attached hydrogen (secondary N) is 1. The van der Waals surface area contributed by atoms with Crippen LogP contribution in [-0.4, -0.2) is 46.7 Å². The summed E-state index contributed by atoms with van der Waals surface area (Å²) in [7, 11) is 0. The summed E-state index contributed by atoms with van der Waals surface area (Å²) in [5.41, 5.74) is 2.23.